The predicted molar refractivity (Wildman–Crippen MR) is 137 cm³/mol. The van der Waals surface area contributed by atoms with Crippen molar-refractivity contribution in [3.8, 4) is 16.9 Å². The van der Waals surface area contributed by atoms with Gasteiger partial charge in [0.2, 0.25) is 0 Å². The summed E-state index contributed by atoms with van der Waals surface area (Å²) in [4.78, 5) is 13.5. The SMILES string of the molecule is COc1c(C(C)n2nc(C)c3c(N)ncnc32)cc(C)c(N)c1-c1cncc([SH](C)(=O)P)c1. The standard InChI is InChI=1S/C22H28N7O2PS/c1-11-6-16(13(3)29-22-17(12(2)28-29)21(24)26-10-27-22)20(31-4)18(19(11)23)14-7-15(9-25-8-14)33(5,30)32/h6-10,13,33H,23,32H2,1-5H3,(H2,24,26,27). The molecule has 4 aromatic rings. The molecule has 0 aliphatic heterocycles. The molecule has 0 radical (unpaired) electrons. The maximum absolute atomic E-state index is 12.6. The number of benzene rings is 1. The molecule has 174 valence electrons. The third-order valence-corrected chi connectivity index (χ3v) is 7.96. The highest BCUT2D eigenvalue weighted by Crippen LogP contribution is 2.44. The number of pyridine rings is 1. The number of aromatic nitrogens is 5. The third-order valence-electron chi connectivity index (χ3n) is 5.79. The maximum atomic E-state index is 12.6. The molecule has 1 aromatic carbocycles. The van der Waals surface area contributed by atoms with Crippen molar-refractivity contribution >= 4 is 40.5 Å². The topological polar surface area (TPSA) is 135 Å². The lowest BCUT2D eigenvalue weighted by Gasteiger charge is -2.23. The highest BCUT2D eigenvalue weighted by Gasteiger charge is 2.25. The first-order valence-electron chi connectivity index (χ1n) is 10.3. The van der Waals surface area contributed by atoms with Crippen LogP contribution in [-0.2, 0) is 9.55 Å². The van der Waals surface area contributed by atoms with Crippen LogP contribution in [0.25, 0.3) is 22.2 Å². The van der Waals surface area contributed by atoms with Gasteiger partial charge in [0.25, 0.3) is 0 Å². The van der Waals surface area contributed by atoms with Gasteiger partial charge in [-0.05, 0) is 44.7 Å². The number of methoxy groups -OCH3 is 1. The number of fused-ring (bicyclic) bond motifs is 1. The highest BCUT2D eigenvalue weighted by atomic mass is 32.8. The zero-order chi connectivity index (χ0) is 24.1. The molecule has 2 atom stereocenters. The van der Waals surface area contributed by atoms with Crippen LogP contribution in [0.5, 0.6) is 5.75 Å². The number of ether oxygens (including phenoxy) is 1. The first-order valence-corrected chi connectivity index (χ1v) is 14.1. The van der Waals surface area contributed by atoms with Crippen molar-refractivity contribution in [2.75, 3.05) is 24.8 Å². The molecule has 3 heterocycles. The lowest BCUT2D eigenvalue weighted by molar-refractivity contribution is 0.403. The van der Waals surface area contributed by atoms with Crippen molar-refractivity contribution < 1.29 is 8.95 Å². The summed E-state index contributed by atoms with van der Waals surface area (Å²) in [6.07, 6.45) is 6.43. The largest absolute Gasteiger partial charge is 0.496 e. The van der Waals surface area contributed by atoms with Crippen LogP contribution in [0.15, 0.2) is 35.7 Å². The minimum atomic E-state index is -2.59. The summed E-state index contributed by atoms with van der Waals surface area (Å²) in [5.74, 6) is 0.990. The molecule has 4 N–H and O–H groups in total. The molecule has 11 heteroatoms. The Morgan fingerprint density at radius 1 is 1.18 bits per heavy atom. The lowest BCUT2D eigenvalue weighted by atomic mass is 9.94. The van der Waals surface area contributed by atoms with E-state index in [9.17, 15) is 4.21 Å². The summed E-state index contributed by atoms with van der Waals surface area (Å²) < 4.78 is 20.4. The van der Waals surface area contributed by atoms with E-state index in [1.807, 2.05) is 37.6 Å². The molecule has 0 spiro atoms. The van der Waals surface area contributed by atoms with Gasteiger partial charge >= 0.3 is 0 Å². The lowest BCUT2D eigenvalue weighted by Crippen LogP contribution is -2.13. The summed E-state index contributed by atoms with van der Waals surface area (Å²) in [5.41, 5.74) is 17.8. The van der Waals surface area contributed by atoms with Gasteiger partial charge in [0.1, 0.15) is 17.9 Å². The number of nitrogen functional groups attached to an aromatic ring is 2. The minimum Gasteiger partial charge on any atom is -0.496 e. The number of aryl methyl sites for hydroxylation is 2. The number of rotatable bonds is 5. The van der Waals surface area contributed by atoms with Gasteiger partial charge in [0, 0.05) is 39.7 Å². The Balaban J connectivity index is 1.97. The Bertz CT molecular complexity index is 1430. The molecule has 0 aliphatic carbocycles. The Morgan fingerprint density at radius 2 is 1.91 bits per heavy atom. The monoisotopic (exact) mass is 485 g/mol. The first kappa shape index (κ1) is 23.1. The smallest absolute Gasteiger partial charge is 0.164 e. The summed E-state index contributed by atoms with van der Waals surface area (Å²) in [5, 5.41) is 5.43. The molecule has 33 heavy (non-hydrogen) atoms. The second-order valence-corrected chi connectivity index (χ2v) is 13.6. The summed E-state index contributed by atoms with van der Waals surface area (Å²) in [6.45, 7) is 5.84. The molecule has 0 bridgehead atoms. The predicted octanol–water partition coefficient (Wildman–Crippen LogP) is 3.08. The summed E-state index contributed by atoms with van der Waals surface area (Å²) in [6, 6.07) is 3.59. The average molecular weight is 486 g/mol. The van der Waals surface area contributed by atoms with Gasteiger partial charge in [0.05, 0.1) is 24.2 Å². The van der Waals surface area contributed by atoms with Crippen molar-refractivity contribution in [2.24, 2.45) is 0 Å². The van der Waals surface area contributed by atoms with Crippen molar-refractivity contribution in [1.82, 2.24) is 24.7 Å². The Hall–Kier alpha value is -3.10. The fourth-order valence-corrected chi connectivity index (χ4v) is 5.15. The molecule has 0 saturated carbocycles. The van der Waals surface area contributed by atoms with Gasteiger partial charge in [-0.25, -0.2) is 14.6 Å². The van der Waals surface area contributed by atoms with Crippen LogP contribution in [0.2, 0.25) is 0 Å². The van der Waals surface area contributed by atoms with E-state index < -0.39 is 9.55 Å². The first-order chi connectivity index (χ1) is 15.5. The molecule has 9 nitrogen and oxygen atoms in total. The Morgan fingerprint density at radius 3 is 2.58 bits per heavy atom. The van der Waals surface area contributed by atoms with Gasteiger partial charge in [-0.2, -0.15) is 5.10 Å². The molecule has 3 aromatic heterocycles. The van der Waals surface area contributed by atoms with Gasteiger partial charge in [0.15, 0.2) is 5.65 Å². The number of nitrogens with zero attached hydrogens (tertiary/aromatic N) is 5. The quantitative estimate of drug-likeness (QED) is 0.223. The zero-order valence-electron chi connectivity index (χ0n) is 19.2. The molecular formula is C22H28N7O2PS. The van der Waals surface area contributed by atoms with E-state index in [2.05, 4.69) is 23.4 Å². The average Bonchev–Trinajstić information content (AvgIpc) is 3.11. The summed E-state index contributed by atoms with van der Waals surface area (Å²) in [7, 11) is 1.43. The van der Waals surface area contributed by atoms with E-state index in [-0.39, 0.29) is 6.04 Å². The van der Waals surface area contributed by atoms with E-state index in [4.69, 9.17) is 21.3 Å². The zero-order valence-corrected chi connectivity index (χ0v) is 21.2. The van der Waals surface area contributed by atoms with Crippen LogP contribution in [0, 0.1) is 13.8 Å². The Kier molecular flexibility index (Phi) is 5.84. The maximum Gasteiger partial charge on any atom is 0.164 e. The van der Waals surface area contributed by atoms with Gasteiger partial charge in [-0.3, -0.25) is 9.19 Å². The molecular weight excluding hydrogens is 457 g/mol. The second kappa shape index (κ2) is 8.35. The van der Waals surface area contributed by atoms with Crippen molar-refractivity contribution in [3.63, 3.8) is 0 Å². The van der Waals surface area contributed by atoms with Crippen LogP contribution in [0.1, 0.15) is 29.8 Å². The molecule has 0 saturated heterocycles. The molecule has 0 aliphatic rings. The van der Waals surface area contributed by atoms with E-state index in [0.29, 0.717) is 33.4 Å². The van der Waals surface area contributed by atoms with Crippen molar-refractivity contribution in [2.45, 2.75) is 31.7 Å². The second-order valence-electron chi connectivity index (χ2n) is 8.19. The van der Waals surface area contributed by atoms with Crippen LogP contribution >= 0.6 is 8.44 Å². The molecule has 2 unspecified atom stereocenters. The third kappa shape index (κ3) is 3.94. The number of thiol groups is 1. The minimum absolute atomic E-state index is 0.251. The van der Waals surface area contributed by atoms with Gasteiger partial charge < -0.3 is 16.2 Å². The fraction of sp³-hybridized carbons (Fsp3) is 0.273. The number of anilines is 2. The molecule has 4 rings (SSSR count). The number of nitrogens with two attached hydrogens (primary N) is 2. The van der Waals surface area contributed by atoms with E-state index in [0.717, 1.165) is 27.8 Å². The van der Waals surface area contributed by atoms with Crippen molar-refractivity contribution in [1.29, 1.82) is 0 Å². The highest BCUT2D eigenvalue weighted by molar-refractivity contribution is 8.44. The van der Waals surface area contributed by atoms with Crippen LogP contribution in [0.3, 0.4) is 0 Å². The van der Waals surface area contributed by atoms with Gasteiger partial charge in [-0.15, -0.1) is 0 Å². The van der Waals surface area contributed by atoms with Crippen LogP contribution in [0.4, 0.5) is 11.5 Å². The summed E-state index contributed by atoms with van der Waals surface area (Å²) >= 11 is 0. The molecule has 0 fully saturated rings. The van der Waals surface area contributed by atoms with E-state index >= 15 is 0 Å². The number of hydrogen-bond acceptors (Lipinski definition) is 8. The normalized spacial score (nSPS) is 13.3. The van der Waals surface area contributed by atoms with Gasteiger partial charge in [-0.1, -0.05) is 18.0 Å². The van der Waals surface area contributed by atoms with E-state index in [1.54, 1.807) is 25.8 Å². The molecule has 0 amide bonds. The van der Waals surface area contributed by atoms with Crippen LogP contribution < -0.4 is 16.2 Å². The number of hydrogen-bond donors (Lipinski definition) is 3. The fourth-order valence-electron chi connectivity index (χ4n) is 4.04. The Labute approximate surface area is 195 Å². The van der Waals surface area contributed by atoms with Crippen molar-refractivity contribution in [3.05, 3.63) is 47.7 Å². The van der Waals surface area contributed by atoms with E-state index in [1.165, 1.54) is 6.33 Å². The van der Waals surface area contributed by atoms with Crippen LogP contribution in [-0.4, -0.2) is 42.3 Å².